The van der Waals surface area contributed by atoms with E-state index in [4.69, 9.17) is 9.47 Å². The van der Waals surface area contributed by atoms with Gasteiger partial charge in [-0.15, -0.1) is 0 Å². The van der Waals surface area contributed by atoms with Crippen LogP contribution in [0.5, 0.6) is 0 Å². The number of carbonyl (C=O) groups is 2. The first-order valence-corrected chi connectivity index (χ1v) is 7.36. The van der Waals surface area contributed by atoms with Crippen molar-refractivity contribution in [1.29, 1.82) is 0 Å². The number of carboxylic acid groups (broad SMARTS) is 1. The van der Waals surface area contributed by atoms with Crippen LogP contribution in [-0.4, -0.2) is 50.0 Å². The number of aliphatic carboxylic acids is 1. The summed E-state index contributed by atoms with van der Waals surface area (Å²) < 4.78 is 23.7. The molecular weight excluding hydrogens is 305 g/mol. The lowest BCUT2D eigenvalue weighted by Gasteiger charge is -2.37. The van der Waals surface area contributed by atoms with Crippen molar-refractivity contribution in [2.75, 3.05) is 26.9 Å². The van der Waals surface area contributed by atoms with E-state index in [1.165, 1.54) is 19.2 Å². The van der Waals surface area contributed by atoms with E-state index in [0.717, 1.165) is 0 Å². The lowest BCUT2D eigenvalue weighted by molar-refractivity contribution is -0.145. The van der Waals surface area contributed by atoms with E-state index in [0.29, 0.717) is 31.6 Å². The topological polar surface area (TPSA) is 84.9 Å². The van der Waals surface area contributed by atoms with Gasteiger partial charge < -0.3 is 19.9 Å². The highest BCUT2D eigenvalue weighted by Crippen LogP contribution is 2.35. The van der Waals surface area contributed by atoms with E-state index in [9.17, 15) is 19.1 Å². The van der Waals surface area contributed by atoms with Gasteiger partial charge in [0, 0.05) is 20.3 Å². The van der Waals surface area contributed by atoms with E-state index in [1.54, 1.807) is 12.1 Å². The Morgan fingerprint density at radius 1 is 1.43 bits per heavy atom. The third-order valence-electron chi connectivity index (χ3n) is 4.09. The maximum absolute atomic E-state index is 13.6. The second-order valence-electron chi connectivity index (χ2n) is 5.52. The van der Waals surface area contributed by atoms with Crippen LogP contribution < -0.4 is 5.32 Å². The van der Waals surface area contributed by atoms with Crippen LogP contribution in [0.2, 0.25) is 0 Å². The van der Waals surface area contributed by atoms with Crippen molar-refractivity contribution in [3.05, 3.63) is 35.6 Å². The lowest BCUT2D eigenvalue weighted by atomic mass is 9.73. The summed E-state index contributed by atoms with van der Waals surface area (Å²) in [6.45, 7) is 0.564. The molecule has 1 fully saturated rings. The van der Waals surface area contributed by atoms with Crippen molar-refractivity contribution in [1.82, 2.24) is 5.32 Å². The molecule has 6 nitrogen and oxygen atoms in total. The molecule has 2 N–H and O–H groups in total. The van der Waals surface area contributed by atoms with Gasteiger partial charge in [0.05, 0.1) is 12.0 Å². The molecule has 0 aliphatic carbocycles. The van der Waals surface area contributed by atoms with Crippen LogP contribution in [0.25, 0.3) is 0 Å². The Kier molecular flexibility index (Phi) is 5.68. The van der Waals surface area contributed by atoms with Gasteiger partial charge in [-0.2, -0.15) is 0 Å². The van der Waals surface area contributed by atoms with Crippen LogP contribution in [0.4, 0.5) is 4.39 Å². The van der Waals surface area contributed by atoms with Gasteiger partial charge in [-0.25, -0.2) is 9.18 Å². The Hall–Kier alpha value is -1.99. The molecule has 1 heterocycles. The molecule has 2 rings (SSSR count). The second-order valence-corrected chi connectivity index (χ2v) is 5.52. The molecular formula is C16H20FNO5. The van der Waals surface area contributed by atoms with E-state index in [2.05, 4.69) is 5.32 Å². The van der Waals surface area contributed by atoms with Crippen molar-refractivity contribution < 1.29 is 28.6 Å². The molecule has 7 heteroatoms. The van der Waals surface area contributed by atoms with Gasteiger partial charge in [0.2, 0.25) is 5.91 Å². The molecule has 0 radical (unpaired) electrons. The molecule has 1 aromatic rings. The Morgan fingerprint density at radius 2 is 2.13 bits per heavy atom. The van der Waals surface area contributed by atoms with Crippen molar-refractivity contribution in [3.63, 3.8) is 0 Å². The monoisotopic (exact) mass is 325 g/mol. The minimum absolute atomic E-state index is 0.142. The summed E-state index contributed by atoms with van der Waals surface area (Å²) in [5, 5.41) is 11.7. The quantitative estimate of drug-likeness (QED) is 0.818. The molecule has 23 heavy (non-hydrogen) atoms. The minimum atomic E-state index is -1.18. The number of rotatable bonds is 6. The van der Waals surface area contributed by atoms with Crippen molar-refractivity contribution in [3.8, 4) is 0 Å². The largest absolute Gasteiger partial charge is 0.480 e. The number of methoxy groups -OCH3 is 1. The Labute approximate surface area is 133 Å². The molecule has 0 bridgehead atoms. The SMILES string of the molecule is COCC(NC(=O)C1(c2cccc(F)c2)CCOCC1)C(=O)O. The average molecular weight is 325 g/mol. The van der Waals surface area contributed by atoms with E-state index in [-0.39, 0.29) is 6.61 Å². The van der Waals surface area contributed by atoms with Crippen molar-refractivity contribution in [2.45, 2.75) is 24.3 Å². The van der Waals surface area contributed by atoms with Gasteiger partial charge in [0.1, 0.15) is 5.82 Å². The van der Waals surface area contributed by atoms with E-state index in [1.807, 2.05) is 0 Å². The number of halogens is 1. The molecule has 1 aliphatic rings. The van der Waals surface area contributed by atoms with Crippen molar-refractivity contribution >= 4 is 11.9 Å². The molecule has 1 amide bonds. The molecule has 1 aliphatic heterocycles. The van der Waals surface area contributed by atoms with Gasteiger partial charge in [0.25, 0.3) is 0 Å². The van der Waals surface area contributed by atoms with Gasteiger partial charge in [-0.05, 0) is 30.5 Å². The Balaban J connectivity index is 2.30. The fourth-order valence-corrected chi connectivity index (χ4v) is 2.79. The number of ether oxygens (including phenoxy) is 2. The fraction of sp³-hybridized carbons (Fsp3) is 0.500. The van der Waals surface area contributed by atoms with Crippen LogP contribution in [-0.2, 0) is 24.5 Å². The molecule has 126 valence electrons. The van der Waals surface area contributed by atoms with Gasteiger partial charge in [-0.3, -0.25) is 4.79 Å². The van der Waals surface area contributed by atoms with Gasteiger partial charge in [0.15, 0.2) is 6.04 Å². The van der Waals surface area contributed by atoms with Crippen LogP contribution >= 0.6 is 0 Å². The number of carbonyl (C=O) groups excluding carboxylic acids is 1. The minimum Gasteiger partial charge on any atom is -0.480 e. The normalized spacial score (nSPS) is 18.2. The standard InChI is InChI=1S/C16H20FNO5/c1-22-10-13(14(19)20)18-15(21)16(5-7-23-8-6-16)11-3-2-4-12(17)9-11/h2-4,9,13H,5-8,10H2,1H3,(H,18,21)(H,19,20). The summed E-state index contributed by atoms with van der Waals surface area (Å²) in [5.74, 6) is -2.06. The molecule has 0 spiro atoms. The zero-order valence-corrected chi connectivity index (χ0v) is 12.9. The predicted octanol–water partition coefficient (Wildman–Crippen LogP) is 1.09. The predicted molar refractivity (Wildman–Crippen MR) is 79.6 cm³/mol. The van der Waals surface area contributed by atoms with Crippen LogP contribution in [0.15, 0.2) is 24.3 Å². The third kappa shape index (κ3) is 3.86. The highest BCUT2D eigenvalue weighted by atomic mass is 19.1. The number of hydrogen-bond acceptors (Lipinski definition) is 4. The molecule has 1 saturated heterocycles. The maximum atomic E-state index is 13.6. The summed E-state index contributed by atoms with van der Waals surface area (Å²) in [7, 11) is 1.36. The summed E-state index contributed by atoms with van der Waals surface area (Å²) >= 11 is 0. The number of amides is 1. The molecule has 0 saturated carbocycles. The van der Waals surface area contributed by atoms with Crippen LogP contribution in [0.1, 0.15) is 18.4 Å². The number of carboxylic acids is 1. The van der Waals surface area contributed by atoms with Crippen molar-refractivity contribution in [2.24, 2.45) is 0 Å². The summed E-state index contributed by atoms with van der Waals surface area (Å²) in [6.07, 6.45) is 0.725. The average Bonchev–Trinajstić information content (AvgIpc) is 2.54. The Morgan fingerprint density at radius 3 is 2.70 bits per heavy atom. The fourth-order valence-electron chi connectivity index (χ4n) is 2.79. The number of nitrogens with one attached hydrogen (secondary N) is 1. The zero-order chi connectivity index (χ0) is 16.9. The number of hydrogen-bond donors (Lipinski definition) is 2. The smallest absolute Gasteiger partial charge is 0.328 e. The first-order valence-electron chi connectivity index (χ1n) is 7.36. The summed E-state index contributed by atoms with van der Waals surface area (Å²) in [6, 6.07) is 4.69. The first-order chi connectivity index (χ1) is 11.0. The maximum Gasteiger partial charge on any atom is 0.328 e. The number of benzene rings is 1. The first kappa shape index (κ1) is 17.4. The highest BCUT2D eigenvalue weighted by molar-refractivity contribution is 5.91. The van der Waals surface area contributed by atoms with Gasteiger partial charge >= 0.3 is 5.97 Å². The summed E-state index contributed by atoms with van der Waals surface area (Å²) in [5.41, 5.74) is -0.471. The van der Waals surface area contributed by atoms with Crippen LogP contribution in [0, 0.1) is 5.82 Å². The third-order valence-corrected chi connectivity index (χ3v) is 4.09. The zero-order valence-electron chi connectivity index (χ0n) is 12.9. The molecule has 1 unspecified atom stereocenters. The Bertz CT molecular complexity index is 571. The summed E-state index contributed by atoms with van der Waals surface area (Å²) in [4.78, 5) is 24.0. The lowest BCUT2D eigenvalue weighted by Crippen LogP contribution is -2.54. The van der Waals surface area contributed by atoms with E-state index < -0.39 is 29.2 Å². The molecule has 0 aromatic heterocycles. The molecule has 1 atom stereocenters. The molecule has 1 aromatic carbocycles. The highest BCUT2D eigenvalue weighted by Gasteiger charge is 2.43. The van der Waals surface area contributed by atoms with E-state index >= 15 is 0 Å². The second kappa shape index (κ2) is 7.52. The van der Waals surface area contributed by atoms with Crippen LogP contribution in [0.3, 0.4) is 0 Å². The van der Waals surface area contributed by atoms with Gasteiger partial charge in [-0.1, -0.05) is 12.1 Å².